The van der Waals surface area contributed by atoms with Crippen LogP contribution in [0.5, 0.6) is 11.5 Å². The molecule has 1 N–H and O–H groups in total. The van der Waals surface area contributed by atoms with E-state index in [1.165, 1.54) is 29.6 Å². The zero-order valence-corrected chi connectivity index (χ0v) is 18.0. The standard InChI is InChI=1S/C21H23N3O6S/c1-15(30-18-5-3-4-16(12-18)14-22)21(25)23-17-6-7-19(28-2)20(13-17)31(26,27)24-8-10-29-11-9-24/h3-7,12-13,15H,8-11H2,1-2H3,(H,23,25). The molecule has 1 unspecified atom stereocenters. The van der Waals surface area contributed by atoms with Crippen molar-refractivity contribution < 1.29 is 27.4 Å². The van der Waals surface area contributed by atoms with Crippen molar-refractivity contribution in [3.8, 4) is 17.6 Å². The number of rotatable bonds is 7. The molecular weight excluding hydrogens is 422 g/mol. The molecule has 0 aliphatic carbocycles. The van der Waals surface area contributed by atoms with Gasteiger partial charge in [-0.05, 0) is 43.3 Å². The van der Waals surface area contributed by atoms with Gasteiger partial charge < -0.3 is 19.5 Å². The van der Waals surface area contributed by atoms with Crippen LogP contribution in [-0.2, 0) is 19.6 Å². The maximum atomic E-state index is 13.1. The Hall–Kier alpha value is -3.13. The summed E-state index contributed by atoms with van der Waals surface area (Å²) in [5.74, 6) is 0.0939. The highest BCUT2D eigenvalue weighted by molar-refractivity contribution is 7.89. The number of nitriles is 1. The summed E-state index contributed by atoms with van der Waals surface area (Å²) < 4.78 is 43.5. The summed E-state index contributed by atoms with van der Waals surface area (Å²) in [7, 11) is -2.44. The highest BCUT2D eigenvalue weighted by Crippen LogP contribution is 2.30. The van der Waals surface area contributed by atoms with Crippen LogP contribution in [0.15, 0.2) is 47.4 Å². The lowest BCUT2D eigenvalue weighted by atomic mass is 10.2. The number of carbonyl (C=O) groups excluding carboxylic acids is 1. The second-order valence-corrected chi connectivity index (χ2v) is 8.68. The highest BCUT2D eigenvalue weighted by Gasteiger charge is 2.30. The lowest BCUT2D eigenvalue weighted by Crippen LogP contribution is -2.40. The molecule has 31 heavy (non-hydrogen) atoms. The van der Waals surface area contributed by atoms with Crippen LogP contribution in [0.25, 0.3) is 0 Å². The van der Waals surface area contributed by atoms with Crippen molar-refractivity contribution in [1.82, 2.24) is 4.31 Å². The van der Waals surface area contributed by atoms with E-state index in [0.29, 0.717) is 30.2 Å². The van der Waals surface area contributed by atoms with Crippen molar-refractivity contribution in [3.63, 3.8) is 0 Å². The zero-order valence-electron chi connectivity index (χ0n) is 17.2. The van der Waals surface area contributed by atoms with E-state index >= 15 is 0 Å². The summed E-state index contributed by atoms with van der Waals surface area (Å²) in [5.41, 5.74) is 0.706. The van der Waals surface area contributed by atoms with E-state index in [-0.39, 0.29) is 23.7 Å². The highest BCUT2D eigenvalue weighted by atomic mass is 32.2. The molecule has 3 rings (SSSR count). The summed E-state index contributed by atoms with van der Waals surface area (Å²) in [4.78, 5) is 12.5. The van der Waals surface area contributed by atoms with Crippen molar-refractivity contribution in [3.05, 3.63) is 48.0 Å². The van der Waals surface area contributed by atoms with Gasteiger partial charge in [-0.15, -0.1) is 0 Å². The second-order valence-electron chi connectivity index (χ2n) is 6.77. The maximum absolute atomic E-state index is 13.1. The number of ether oxygens (including phenoxy) is 3. The summed E-state index contributed by atoms with van der Waals surface area (Å²) in [6, 6.07) is 12.9. The molecule has 1 fully saturated rings. The summed E-state index contributed by atoms with van der Waals surface area (Å²) in [6.07, 6.45) is -0.879. The smallest absolute Gasteiger partial charge is 0.265 e. The molecular formula is C21H23N3O6S. The minimum Gasteiger partial charge on any atom is -0.495 e. The summed E-state index contributed by atoms with van der Waals surface area (Å²) in [6.45, 7) is 2.69. The number of carbonyl (C=O) groups is 1. The van der Waals surface area contributed by atoms with Gasteiger partial charge in [0.25, 0.3) is 5.91 Å². The molecule has 10 heteroatoms. The largest absolute Gasteiger partial charge is 0.495 e. The lowest BCUT2D eigenvalue weighted by molar-refractivity contribution is -0.122. The number of amides is 1. The van der Waals surface area contributed by atoms with Gasteiger partial charge in [0.2, 0.25) is 10.0 Å². The van der Waals surface area contributed by atoms with E-state index in [0.717, 1.165) is 0 Å². The summed E-state index contributed by atoms with van der Waals surface area (Å²) >= 11 is 0. The number of hydrogen-bond acceptors (Lipinski definition) is 7. The van der Waals surface area contributed by atoms with Crippen LogP contribution in [0.1, 0.15) is 12.5 Å². The molecule has 0 radical (unpaired) electrons. The van der Waals surface area contributed by atoms with Gasteiger partial charge in [-0.2, -0.15) is 9.57 Å². The van der Waals surface area contributed by atoms with E-state index in [9.17, 15) is 13.2 Å². The Balaban J connectivity index is 1.77. The number of benzene rings is 2. The number of anilines is 1. The Bertz CT molecular complexity index is 1090. The van der Waals surface area contributed by atoms with Gasteiger partial charge in [0.15, 0.2) is 6.10 Å². The normalized spacial score (nSPS) is 15.5. The van der Waals surface area contributed by atoms with Crippen molar-refractivity contribution in [2.24, 2.45) is 0 Å². The van der Waals surface area contributed by atoms with Crippen LogP contribution in [0.3, 0.4) is 0 Å². The van der Waals surface area contributed by atoms with E-state index in [1.807, 2.05) is 6.07 Å². The average Bonchev–Trinajstić information content (AvgIpc) is 2.79. The first kappa shape index (κ1) is 22.6. The molecule has 1 saturated heterocycles. The van der Waals surface area contributed by atoms with Crippen molar-refractivity contribution in [2.75, 3.05) is 38.7 Å². The number of hydrogen-bond donors (Lipinski definition) is 1. The molecule has 1 atom stereocenters. The van der Waals surface area contributed by atoms with Gasteiger partial charge in [0.05, 0.1) is 32.0 Å². The predicted octanol–water partition coefficient (Wildman–Crippen LogP) is 1.99. The number of methoxy groups -OCH3 is 1. The molecule has 2 aromatic carbocycles. The van der Waals surface area contributed by atoms with Gasteiger partial charge >= 0.3 is 0 Å². The Labute approximate surface area is 181 Å². The van der Waals surface area contributed by atoms with Gasteiger partial charge in [-0.25, -0.2) is 8.42 Å². The molecule has 1 aliphatic heterocycles. The molecule has 1 heterocycles. The molecule has 1 aliphatic rings. The summed E-state index contributed by atoms with van der Waals surface area (Å²) in [5, 5.41) is 11.6. The molecule has 0 saturated carbocycles. The van der Waals surface area contributed by atoms with Gasteiger partial charge in [0.1, 0.15) is 16.4 Å². The molecule has 164 valence electrons. The number of nitrogens with zero attached hydrogens (tertiary/aromatic N) is 2. The number of sulfonamides is 1. The minimum atomic E-state index is -3.82. The van der Waals surface area contributed by atoms with Crippen LogP contribution in [0.4, 0.5) is 5.69 Å². The maximum Gasteiger partial charge on any atom is 0.265 e. The topological polar surface area (TPSA) is 118 Å². The molecule has 9 nitrogen and oxygen atoms in total. The van der Waals surface area contributed by atoms with E-state index in [1.54, 1.807) is 31.2 Å². The monoisotopic (exact) mass is 445 g/mol. The van der Waals surface area contributed by atoms with E-state index < -0.39 is 22.0 Å². The molecule has 2 aromatic rings. The lowest BCUT2D eigenvalue weighted by Gasteiger charge is -2.27. The molecule has 0 spiro atoms. The molecule has 0 bridgehead atoms. The quantitative estimate of drug-likeness (QED) is 0.692. The third kappa shape index (κ3) is 5.32. The van der Waals surface area contributed by atoms with Crippen LogP contribution >= 0.6 is 0 Å². The Morgan fingerprint density at radius 2 is 1.97 bits per heavy atom. The predicted molar refractivity (Wildman–Crippen MR) is 112 cm³/mol. The van der Waals surface area contributed by atoms with Crippen molar-refractivity contribution >= 4 is 21.6 Å². The minimum absolute atomic E-state index is 0.0370. The van der Waals surface area contributed by atoms with Gasteiger partial charge in [-0.1, -0.05) is 6.07 Å². The van der Waals surface area contributed by atoms with Crippen molar-refractivity contribution in [2.45, 2.75) is 17.9 Å². The van der Waals surface area contributed by atoms with E-state index in [2.05, 4.69) is 5.32 Å². The molecule has 1 amide bonds. The van der Waals surface area contributed by atoms with Crippen molar-refractivity contribution in [1.29, 1.82) is 5.26 Å². The van der Waals surface area contributed by atoms with Gasteiger partial charge in [0, 0.05) is 18.8 Å². The van der Waals surface area contributed by atoms with Crippen LogP contribution < -0.4 is 14.8 Å². The fourth-order valence-corrected chi connectivity index (χ4v) is 4.61. The number of morpholine rings is 1. The average molecular weight is 445 g/mol. The fourth-order valence-electron chi connectivity index (χ4n) is 3.02. The van der Waals surface area contributed by atoms with E-state index in [4.69, 9.17) is 19.5 Å². The first-order chi connectivity index (χ1) is 14.8. The Kier molecular flexibility index (Phi) is 7.12. The SMILES string of the molecule is COc1ccc(NC(=O)C(C)Oc2cccc(C#N)c2)cc1S(=O)(=O)N1CCOCC1. The second kappa shape index (κ2) is 9.78. The third-order valence-corrected chi connectivity index (χ3v) is 6.58. The van der Waals surface area contributed by atoms with Crippen LogP contribution in [0, 0.1) is 11.3 Å². The van der Waals surface area contributed by atoms with Gasteiger partial charge in [-0.3, -0.25) is 4.79 Å². The third-order valence-electron chi connectivity index (χ3n) is 4.66. The zero-order chi connectivity index (χ0) is 22.4. The Morgan fingerprint density at radius 3 is 2.65 bits per heavy atom. The first-order valence-corrected chi connectivity index (χ1v) is 11.0. The van der Waals surface area contributed by atoms with Crippen LogP contribution in [0.2, 0.25) is 0 Å². The molecule has 0 aromatic heterocycles. The van der Waals surface area contributed by atoms with Crippen LogP contribution in [-0.4, -0.2) is 58.1 Å². The Morgan fingerprint density at radius 1 is 1.23 bits per heavy atom. The number of nitrogens with one attached hydrogen (secondary N) is 1. The fraction of sp³-hybridized carbons (Fsp3) is 0.333. The first-order valence-electron chi connectivity index (χ1n) is 9.59.